The van der Waals surface area contributed by atoms with Gasteiger partial charge in [0, 0.05) is 23.9 Å². The van der Waals surface area contributed by atoms with Crippen LogP contribution in [-0.4, -0.2) is 15.3 Å². The second-order valence-electron chi connectivity index (χ2n) is 2.41. The lowest BCUT2D eigenvalue weighted by molar-refractivity contribution is -0.0331. The molecule has 1 rings (SSSR count). The number of alkyl halides is 3. The van der Waals surface area contributed by atoms with Gasteiger partial charge in [0.15, 0.2) is 0 Å². The minimum absolute atomic E-state index is 0.120. The van der Waals surface area contributed by atoms with Crippen molar-refractivity contribution in [3.63, 3.8) is 0 Å². The van der Waals surface area contributed by atoms with Crippen molar-refractivity contribution in [1.82, 2.24) is 9.78 Å². The molecule has 0 saturated carbocycles. The normalized spacial score (nSPS) is 12.1. The number of thioether (sulfide) groups is 1. The topological polar surface area (TPSA) is 17.8 Å². The van der Waals surface area contributed by atoms with Crippen molar-refractivity contribution in [3.8, 4) is 0 Å². The summed E-state index contributed by atoms with van der Waals surface area (Å²) in [5, 5.41) is 3.81. The molecule has 13 heavy (non-hydrogen) atoms. The van der Waals surface area contributed by atoms with Crippen LogP contribution in [-0.2, 0) is 6.54 Å². The van der Waals surface area contributed by atoms with E-state index >= 15 is 0 Å². The van der Waals surface area contributed by atoms with Gasteiger partial charge in [-0.05, 0) is 13.8 Å². The Balaban J connectivity index is 2.92. The Morgan fingerprint density at radius 2 is 2.15 bits per heavy atom. The van der Waals surface area contributed by atoms with Gasteiger partial charge in [-0.25, -0.2) is 0 Å². The predicted octanol–water partition coefficient (Wildman–Crippen LogP) is 2.62. The summed E-state index contributed by atoms with van der Waals surface area (Å²) in [5.41, 5.74) is -3.82. The number of halogens is 3. The Labute approximate surface area is 78.1 Å². The number of nitrogens with zero attached hydrogens (tertiary/aromatic N) is 2. The van der Waals surface area contributed by atoms with E-state index in [2.05, 4.69) is 11.3 Å². The maximum atomic E-state index is 12.0. The molecular weight excluding hydrogens is 201 g/mol. The van der Waals surface area contributed by atoms with Crippen LogP contribution in [0.1, 0.15) is 12.5 Å². The van der Waals surface area contributed by atoms with Crippen LogP contribution in [0.25, 0.3) is 0 Å². The summed E-state index contributed by atoms with van der Waals surface area (Å²) in [5.74, 6) is 0. The molecule has 0 unspecified atom stereocenters. The SMILES string of the molecule is CCn1n[c]c(C)c1SC(F)(F)F. The molecule has 1 heterocycles. The first-order valence-corrected chi connectivity index (χ1v) is 4.46. The summed E-state index contributed by atoms with van der Waals surface area (Å²) in [6.45, 7) is 3.72. The van der Waals surface area contributed by atoms with E-state index in [0.29, 0.717) is 12.1 Å². The smallest absolute Gasteiger partial charge is 0.258 e. The van der Waals surface area contributed by atoms with Gasteiger partial charge in [0.2, 0.25) is 0 Å². The zero-order valence-electron chi connectivity index (χ0n) is 7.14. The molecule has 6 heteroatoms. The summed E-state index contributed by atoms with van der Waals surface area (Å²) in [4.78, 5) is 0. The maximum Gasteiger partial charge on any atom is 0.447 e. The number of hydrogen-bond donors (Lipinski definition) is 0. The lowest BCUT2D eigenvalue weighted by Gasteiger charge is -2.07. The predicted molar refractivity (Wildman–Crippen MR) is 43.4 cm³/mol. The highest BCUT2D eigenvalue weighted by atomic mass is 32.2. The molecule has 1 aromatic rings. The van der Waals surface area contributed by atoms with E-state index in [9.17, 15) is 13.2 Å². The van der Waals surface area contributed by atoms with Crippen LogP contribution in [0, 0.1) is 13.1 Å². The first kappa shape index (κ1) is 10.4. The molecule has 0 N–H and O–H groups in total. The number of rotatable bonds is 2. The maximum absolute atomic E-state index is 12.0. The molecule has 2 nitrogen and oxygen atoms in total. The summed E-state index contributed by atoms with van der Waals surface area (Å²) < 4.78 is 37.4. The summed E-state index contributed by atoms with van der Waals surface area (Å²) in [6, 6.07) is 0. The van der Waals surface area contributed by atoms with Crippen molar-refractivity contribution in [1.29, 1.82) is 0 Å². The molecule has 0 aliphatic carbocycles. The van der Waals surface area contributed by atoms with Gasteiger partial charge in [0.05, 0.1) is 0 Å². The largest absolute Gasteiger partial charge is 0.447 e. The molecule has 0 spiro atoms. The van der Waals surface area contributed by atoms with Gasteiger partial charge in [-0.1, -0.05) is 0 Å². The van der Waals surface area contributed by atoms with Crippen molar-refractivity contribution in [2.75, 3.05) is 0 Å². The van der Waals surface area contributed by atoms with Crippen LogP contribution in [0.3, 0.4) is 0 Å². The summed E-state index contributed by atoms with van der Waals surface area (Å²) in [7, 11) is 0. The molecule has 0 saturated heterocycles. The Hall–Kier alpha value is -0.650. The summed E-state index contributed by atoms with van der Waals surface area (Å²) in [6.07, 6.45) is 2.50. The highest BCUT2D eigenvalue weighted by Crippen LogP contribution is 2.37. The minimum Gasteiger partial charge on any atom is -0.258 e. The Kier molecular flexibility index (Phi) is 2.90. The van der Waals surface area contributed by atoms with Crippen molar-refractivity contribution < 1.29 is 13.2 Å². The van der Waals surface area contributed by atoms with Gasteiger partial charge in [-0.2, -0.15) is 18.3 Å². The lowest BCUT2D eigenvalue weighted by atomic mass is 10.4. The highest BCUT2D eigenvalue weighted by Gasteiger charge is 2.31. The first-order chi connectivity index (χ1) is 5.94. The van der Waals surface area contributed by atoms with Crippen molar-refractivity contribution in [3.05, 3.63) is 11.8 Å². The fourth-order valence-corrected chi connectivity index (χ4v) is 1.57. The van der Waals surface area contributed by atoms with E-state index in [4.69, 9.17) is 0 Å². The van der Waals surface area contributed by atoms with Crippen LogP contribution in [0.15, 0.2) is 5.03 Å². The highest BCUT2D eigenvalue weighted by molar-refractivity contribution is 8.00. The Morgan fingerprint density at radius 3 is 2.62 bits per heavy atom. The van der Waals surface area contributed by atoms with Gasteiger partial charge < -0.3 is 0 Å². The number of aromatic nitrogens is 2. The molecule has 0 atom stereocenters. The standard InChI is InChI=1S/C7H8F3N2S/c1-3-12-6(5(2)4-11-12)13-7(8,9)10/h3H2,1-2H3. The molecule has 0 aromatic carbocycles. The van der Waals surface area contributed by atoms with Crippen LogP contribution in [0.4, 0.5) is 13.2 Å². The van der Waals surface area contributed by atoms with E-state index in [0.717, 1.165) is 0 Å². The van der Waals surface area contributed by atoms with Gasteiger partial charge >= 0.3 is 5.51 Å². The monoisotopic (exact) mass is 209 g/mol. The average Bonchev–Trinajstić information content (AvgIpc) is 2.30. The van der Waals surface area contributed by atoms with E-state index in [1.54, 1.807) is 13.8 Å². The molecular formula is C7H8F3N2S. The van der Waals surface area contributed by atoms with Crippen LogP contribution in [0.2, 0.25) is 0 Å². The summed E-state index contributed by atoms with van der Waals surface area (Å²) >= 11 is -0.146. The van der Waals surface area contributed by atoms with Crippen molar-refractivity contribution >= 4 is 11.8 Å². The molecule has 0 amide bonds. The Morgan fingerprint density at radius 1 is 1.54 bits per heavy atom. The molecule has 73 valence electrons. The molecule has 1 radical (unpaired) electrons. The molecule has 0 aliphatic rings. The van der Waals surface area contributed by atoms with Gasteiger partial charge in [0.25, 0.3) is 0 Å². The molecule has 1 aromatic heterocycles. The Bertz CT molecular complexity index is 292. The van der Waals surface area contributed by atoms with Crippen LogP contribution >= 0.6 is 11.8 Å². The fourth-order valence-electron chi connectivity index (χ4n) is 0.875. The van der Waals surface area contributed by atoms with Gasteiger partial charge in [-0.3, -0.25) is 4.68 Å². The quantitative estimate of drug-likeness (QED) is 0.697. The van der Waals surface area contributed by atoms with Gasteiger partial charge in [-0.15, -0.1) is 0 Å². The van der Waals surface area contributed by atoms with Crippen LogP contribution < -0.4 is 0 Å². The lowest BCUT2D eigenvalue weighted by Crippen LogP contribution is -2.05. The third kappa shape index (κ3) is 2.65. The second-order valence-corrected chi connectivity index (χ2v) is 3.46. The molecule has 0 aliphatic heterocycles. The number of hydrogen-bond acceptors (Lipinski definition) is 2. The third-order valence-corrected chi connectivity index (χ3v) is 2.35. The minimum atomic E-state index is -4.26. The van der Waals surface area contributed by atoms with Crippen LogP contribution in [0.5, 0.6) is 0 Å². The van der Waals surface area contributed by atoms with Crippen molar-refractivity contribution in [2.24, 2.45) is 0 Å². The second kappa shape index (κ2) is 3.61. The van der Waals surface area contributed by atoms with Gasteiger partial charge in [0.1, 0.15) is 11.2 Å². The van der Waals surface area contributed by atoms with Crippen molar-refractivity contribution in [2.45, 2.75) is 30.9 Å². The van der Waals surface area contributed by atoms with E-state index in [-0.39, 0.29) is 16.8 Å². The molecule has 0 bridgehead atoms. The zero-order valence-corrected chi connectivity index (χ0v) is 7.96. The fraction of sp³-hybridized carbons (Fsp3) is 0.571. The number of aryl methyl sites for hydroxylation is 2. The zero-order chi connectivity index (χ0) is 10.1. The van der Waals surface area contributed by atoms with E-state index < -0.39 is 5.51 Å². The first-order valence-electron chi connectivity index (χ1n) is 3.65. The van der Waals surface area contributed by atoms with E-state index in [1.165, 1.54) is 4.68 Å². The van der Waals surface area contributed by atoms with E-state index in [1.807, 2.05) is 0 Å². The molecule has 0 fully saturated rings. The third-order valence-electron chi connectivity index (χ3n) is 1.41. The average molecular weight is 209 g/mol.